The number of benzene rings is 1. The first-order chi connectivity index (χ1) is 6.86. The lowest BCUT2D eigenvalue weighted by molar-refractivity contribution is 0.415. The zero-order chi connectivity index (χ0) is 10.2. The molecular weight excluding hydrogens is 176 g/mol. The molecule has 3 nitrogen and oxygen atoms in total. The van der Waals surface area contributed by atoms with Crippen LogP contribution in [-0.4, -0.2) is 19.7 Å². The van der Waals surface area contributed by atoms with E-state index < -0.39 is 0 Å². The van der Waals surface area contributed by atoms with Crippen LogP contribution in [0.1, 0.15) is 0 Å². The van der Waals surface area contributed by atoms with E-state index in [0.29, 0.717) is 6.54 Å². The first-order valence-electron chi connectivity index (χ1n) is 4.06. The van der Waals surface area contributed by atoms with E-state index in [0.717, 1.165) is 11.4 Å². The maximum atomic E-state index is 5.00. The van der Waals surface area contributed by atoms with Gasteiger partial charge in [0.25, 0.3) is 0 Å². The predicted octanol–water partition coefficient (Wildman–Crippen LogP) is 2.13. The van der Waals surface area contributed by atoms with Gasteiger partial charge < -0.3 is 4.74 Å². The highest BCUT2D eigenvalue weighted by Crippen LogP contribution is 2.16. The Labute approximate surface area is 83.2 Å². The monoisotopic (exact) mass is 186 g/mol. The molecule has 1 aromatic rings. The summed E-state index contributed by atoms with van der Waals surface area (Å²) >= 11 is 0. The van der Waals surface area contributed by atoms with E-state index in [1.54, 1.807) is 7.11 Å². The Morgan fingerprint density at radius 3 is 2.64 bits per heavy atom. The number of hydrogen-bond donors (Lipinski definition) is 0. The Morgan fingerprint density at radius 2 is 2.07 bits per heavy atom. The van der Waals surface area contributed by atoms with Crippen molar-refractivity contribution in [2.75, 3.05) is 13.7 Å². The van der Waals surface area contributed by atoms with Crippen molar-refractivity contribution in [3.8, 4) is 18.1 Å². The van der Waals surface area contributed by atoms with Crippen molar-refractivity contribution >= 4 is 11.7 Å². The lowest BCUT2D eigenvalue weighted by Gasteiger charge is -1.97. The molecular formula is C11H10N2O. The van der Waals surface area contributed by atoms with Gasteiger partial charge in [-0.15, -0.1) is 6.42 Å². The van der Waals surface area contributed by atoms with E-state index in [2.05, 4.69) is 21.9 Å². The molecule has 0 aliphatic rings. The van der Waals surface area contributed by atoms with Crippen molar-refractivity contribution < 1.29 is 4.74 Å². The average Bonchev–Trinajstić information content (AvgIpc) is 2.25. The van der Waals surface area contributed by atoms with Gasteiger partial charge in [-0.25, -0.2) is 4.99 Å². The van der Waals surface area contributed by atoms with Crippen LogP contribution in [0.4, 0.5) is 5.69 Å². The van der Waals surface area contributed by atoms with E-state index in [9.17, 15) is 0 Å². The lowest BCUT2D eigenvalue weighted by Crippen LogP contribution is -1.79. The molecule has 0 atom stereocenters. The number of aliphatic imine (C=N–C) groups is 2. The Balaban J connectivity index is 2.69. The van der Waals surface area contributed by atoms with E-state index in [4.69, 9.17) is 11.2 Å². The van der Waals surface area contributed by atoms with Crippen molar-refractivity contribution in [3.63, 3.8) is 0 Å². The normalized spacial score (nSPS) is 8.29. The molecule has 0 aliphatic heterocycles. The van der Waals surface area contributed by atoms with E-state index in [1.807, 2.05) is 24.3 Å². The van der Waals surface area contributed by atoms with Crippen LogP contribution in [0.2, 0.25) is 0 Å². The van der Waals surface area contributed by atoms with Gasteiger partial charge in [0.2, 0.25) is 0 Å². The molecule has 0 N–H and O–H groups in total. The summed E-state index contributed by atoms with van der Waals surface area (Å²) in [7, 11) is 1.62. The van der Waals surface area contributed by atoms with Crippen LogP contribution in [-0.2, 0) is 0 Å². The molecule has 0 bridgehead atoms. The van der Waals surface area contributed by atoms with Gasteiger partial charge in [0.1, 0.15) is 12.3 Å². The first-order valence-corrected chi connectivity index (χ1v) is 4.06. The van der Waals surface area contributed by atoms with Crippen molar-refractivity contribution in [2.24, 2.45) is 9.98 Å². The smallest absolute Gasteiger partial charge is 0.119 e. The summed E-state index contributed by atoms with van der Waals surface area (Å²) in [5.74, 6) is 3.16. The van der Waals surface area contributed by atoms with Crippen LogP contribution >= 0.6 is 0 Å². The summed E-state index contributed by atoms with van der Waals surface area (Å²) in [6.45, 7) is 0.305. The van der Waals surface area contributed by atoms with Crippen LogP contribution in [0.3, 0.4) is 0 Å². The van der Waals surface area contributed by atoms with Gasteiger partial charge in [0, 0.05) is 0 Å². The summed E-state index contributed by atoms with van der Waals surface area (Å²) in [5, 5.41) is 0. The van der Waals surface area contributed by atoms with Crippen molar-refractivity contribution in [3.05, 3.63) is 24.3 Å². The van der Waals surface area contributed by atoms with Gasteiger partial charge >= 0.3 is 0 Å². The van der Waals surface area contributed by atoms with Crippen molar-refractivity contribution in [1.29, 1.82) is 0 Å². The van der Waals surface area contributed by atoms with Crippen molar-refractivity contribution in [2.45, 2.75) is 0 Å². The third-order valence-corrected chi connectivity index (χ3v) is 1.49. The third-order valence-electron chi connectivity index (χ3n) is 1.49. The Kier molecular flexibility index (Phi) is 4.00. The molecule has 0 aliphatic carbocycles. The standard InChI is InChI=1S/C11H10N2O/c1-3-8-12-9-13-10-4-6-11(14-2)7-5-10/h1,4-7H,8H2,2H3. The SMILES string of the molecule is C#CCN=C=Nc1ccc(OC)cc1. The molecule has 1 aromatic carbocycles. The Hall–Kier alpha value is -2.04. The van der Waals surface area contributed by atoms with E-state index in [1.165, 1.54) is 0 Å². The molecule has 0 spiro atoms. The van der Waals surface area contributed by atoms with E-state index in [-0.39, 0.29) is 0 Å². The zero-order valence-electron chi connectivity index (χ0n) is 7.90. The highest BCUT2D eigenvalue weighted by Gasteiger charge is 1.89. The van der Waals surface area contributed by atoms with Gasteiger partial charge in [-0.2, -0.15) is 4.99 Å². The van der Waals surface area contributed by atoms with Gasteiger partial charge in [0.15, 0.2) is 0 Å². The molecule has 0 fully saturated rings. The van der Waals surface area contributed by atoms with Gasteiger partial charge in [-0.3, -0.25) is 0 Å². The molecule has 0 saturated carbocycles. The second-order valence-electron chi connectivity index (χ2n) is 2.43. The van der Waals surface area contributed by atoms with E-state index >= 15 is 0 Å². The van der Waals surface area contributed by atoms with Crippen LogP contribution in [0.15, 0.2) is 34.3 Å². The fraction of sp³-hybridized carbons (Fsp3) is 0.182. The number of hydrogen-bond acceptors (Lipinski definition) is 3. The second kappa shape index (κ2) is 5.58. The van der Waals surface area contributed by atoms with Crippen LogP contribution < -0.4 is 4.74 Å². The van der Waals surface area contributed by atoms with Crippen LogP contribution in [0.25, 0.3) is 0 Å². The minimum atomic E-state index is 0.305. The lowest BCUT2D eigenvalue weighted by atomic mass is 10.3. The van der Waals surface area contributed by atoms with Gasteiger partial charge in [0.05, 0.1) is 18.8 Å². The Bertz CT molecular complexity index is 381. The largest absolute Gasteiger partial charge is 0.497 e. The highest BCUT2D eigenvalue weighted by atomic mass is 16.5. The first kappa shape index (κ1) is 10.0. The summed E-state index contributed by atoms with van der Waals surface area (Å²) in [6.07, 6.45) is 5.00. The minimum Gasteiger partial charge on any atom is -0.497 e. The molecule has 0 saturated heterocycles. The fourth-order valence-electron chi connectivity index (χ4n) is 0.831. The maximum Gasteiger partial charge on any atom is 0.119 e. The summed E-state index contributed by atoms with van der Waals surface area (Å²) in [4.78, 5) is 7.70. The summed E-state index contributed by atoms with van der Waals surface area (Å²) in [5.41, 5.74) is 0.770. The quantitative estimate of drug-likeness (QED) is 0.526. The molecule has 14 heavy (non-hydrogen) atoms. The maximum absolute atomic E-state index is 5.00. The van der Waals surface area contributed by atoms with Crippen LogP contribution in [0, 0.1) is 12.3 Å². The van der Waals surface area contributed by atoms with Crippen molar-refractivity contribution in [1.82, 2.24) is 0 Å². The number of methoxy groups -OCH3 is 1. The molecule has 0 radical (unpaired) electrons. The second-order valence-corrected chi connectivity index (χ2v) is 2.43. The molecule has 1 rings (SSSR count). The molecule has 0 amide bonds. The average molecular weight is 186 g/mol. The third kappa shape index (κ3) is 3.14. The molecule has 0 aromatic heterocycles. The highest BCUT2D eigenvalue weighted by molar-refractivity contribution is 5.53. The number of rotatable bonds is 3. The Morgan fingerprint density at radius 1 is 1.36 bits per heavy atom. The zero-order valence-corrected chi connectivity index (χ0v) is 7.90. The number of nitrogens with zero attached hydrogens (tertiary/aromatic N) is 2. The number of terminal acetylenes is 1. The molecule has 70 valence electrons. The number of ether oxygens (including phenoxy) is 1. The van der Waals surface area contributed by atoms with Gasteiger partial charge in [-0.1, -0.05) is 5.92 Å². The molecule has 3 heteroatoms. The van der Waals surface area contributed by atoms with Gasteiger partial charge in [-0.05, 0) is 24.3 Å². The topological polar surface area (TPSA) is 34.0 Å². The predicted molar refractivity (Wildman–Crippen MR) is 56.2 cm³/mol. The summed E-state index contributed by atoms with van der Waals surface area (Å²) < 4.78 is 5.00. The summed E-state index contributed by atoms with van der Waals surface area (Å²) in [6, 6.07) is 9.78. The molecule has 0 unspecified atom stereocenters. The fourth-order valence-corrected chi connectivity index (χ4v) is 0.831. The molecule has 0 heterocycles. The van der Waals surface area contributed by atoms with Crippen LogP contribution in [0.5, 0.6) is 5.75 Å². The minimum absolute atomic E-state index is 0.305.